The maximum absolute atomic E-state index is 12.2. The van der Waals surface area contributed by atoms with E-state index in [1.807, 2.05) is 6.08 Å². The second-order valence-corrected chi connectivity index (χ2v) is 3.13. The minimum Gasteiger partial charge on any atom is -0.445 e. The van der Waals surface area contributed by atoms with Crippen molar-refractivity contribution in [1.82, 2.24) is 0 Å². The van der Waals surface area contributed by atoms with Crippen molar-refractivity contribution < 1.29 is 64.3 Å². The van der Waals surface area contributed by atoms with E-state index in [9.17, 15) is 12.9 Å². The molecule has 2 aliphatic carbocycles. The summed E-state index contributed by atoms with van der Waals surface area (Å²) in [5, 5.41) is 0. The van der Waals surface area contributed by atoms with Gasteiger partial charge < -0.3 is 12.9 Å². The normalized spacial score (nSPS) is 31.8. The molecule has 0 radical (unpaired) electrons. The van der Waals surface area contributed by atoms with Gasteiger partial charge in [-0.25, -0.2) is 0 Å². The average Bonchev–Trinajstić information content (AvgIpc) is 2.42. The molecule has 2 aliphatic rings. The largest absolute Gasteiger partial charge is 1.00 e. The van der Waals surface area contributed by atoms with Gasteiger partial charge in [-0.2, -0.15) is 0 Å². The van der Waals surface area contributed by atoms with Crippen LogP contribution in [0.3, 0.4) is 0 Å². The van der Waals surface area contributed by atoms with Crippen molar-refractivity contribution in [3.8, 4) is 0 Å². The number of hydrogen-bond donors (Lipinski definition) is 0. The van der Waals surface area contributed by atoms with E-state index >= 15 is 0 Å². The van der Waals surface area contributed by atoms with Crippen LogP contribution in [0.4, 0.5) is 12.9 Å². The van der Waals surface area contributed by atoms with E-state index in [1.54, 1.807) is 6.08 Å². The third-order valence-electron chi connectivity index (χ3n) is 2.33. The molecular formula is C7H7BF3K. The summed E-state index contributed by atoms with van der Waals surface area (Å²) in [4.78, 5) is 0. The molecule has 2 rings (SSSR count). The first-order valence-electron chi connectivity index (χ1n) is 3.67. The summed E-state index contributed by atoms with van der Waals surface area (Å²) in [6, 6.07) is 0. The zero-order valence-corrected chi connectivity index (χ0v) is 9.93. The molecule has 0 N–H and O–H groups in total. The summed E-state index contributed by atoms with van der Waals surface area (Å²) in [7, 11) is 0. The molecule has 2 atom stereocenters. The summed E-state index contributed by atoms with van der Waals surface area (Å²) >= 11 is 0. The molecule has 0 aromatic heterocycles. The Bertz CT molecular complexity index is 244. The second-order valence-electron chi connectivity index (χ2n) is 3.13. The van der Waals surface area contributed by atoms with Gasteiger partial charge in [0.25, 0.3) is 0 Å². The fraction of sp³-hybridized carbons (Fsp3) is 0.429. The quantitative estimate of drug-likeness (QED) is 0.394. The number of rotatable bonds is 1. The summed E-state index contributed by atoms with van der Waals surface area (Å²) < 4.78 is 36.5. The van der Waals surface area contributed by atoms with Gasteiger partial charge in [0.1, 0.15) is 0 Å². The van der Waals surface area contributed by atoms with Crippen LogP contribution in [-0.2, 0) is 0 Å². The van der Waals surface area contributed by atoms with E-state index in [2.05, 4.69) is 0 Å². The zero-order chi connectivity index (χ0) is 8.06. The Balaban J connectivity index is 0.000000720. The standard InChI is InChI=1S/C7H7BF3.K/c9-8(10,11)7-4-5-1-2-6(7)3-5;/h1-2,4-6H,3H2;/q-1;+1. The van der Waals surface area contributed by atoms with Gasteiger partial charge in [0.2, 0.25) is 0 Å². The van der Waals surface area contributed by atoms with Crippen molar-refractivity contribution in [2.24, 2.45) is 11.8 Å². The Hall–Kier alpha value is 0.971. The van der Waals surface area contributed by atoms with Crippen LogP contribution in [0.25, 0.3) is 0 Å². The van der Waals surface area contributed by atoms with Crippen molar-refractivity contribution in [2.45, 2.75) is 6.42 Å². The molecule has 0 aliphatic heterocycles. The van der Waals surface area contributed by atoms with E-state index in [1.165, 1.54) is 6.08 Å². The summed E-state index contributed by atoms with van der Waals surface area (Å²) in [6.07, 6.45) is 5.55. The second kappa shape index (κ2) is 3.61. The van der Waals surface area contributed by atoms with Gasteiger partial charge in [-0.1, -0.05) is 12.2 Å². The van der Waals surface area contributed by atoms with E-state index < -0.39 is 6.98 Å². The Kier molecular flexibility index (Phi) is 3.33. The van der Waals surface area contributed by atoms with Crippen LogP contribution in [0, 0.1) is 11.8 Å². The van der Waals surface area contributed by atoms with Crippen LogP contribution in [0.1, 0.15) is 6.42 Å². The minimum absolute atomic E-state index is 0. The first-order chi connectivity index (χ1) is 5.07. The van der Waals surface area contributed by atoms with Gasteiger partial charge in [-0.3, -0.25) is 0 Å². The summed E-state index contributed by atoms with van der Waals surface area (Å²) in [6.45, 7) is -4.72. The van der Waals surface area contributed by atoms with Crippen molar-refractivity contribution in [3.05, 3.63) is 23.7 Å². The molecular weight excluding hydrogens is 191 g/mol. The molecule has 0 saturated carbocycles. The SMILES string of the molecule is F[B-](F)(F)C1=CC2C=CC1C2.[K+]. The number of fused-ring (bicyclic) bond motifs is 2. The first kappa shape index (κ1) is 11.0. The molecule has 2 bridgehead atoms. The van der Waals surface area contributed by atoms with Crippen LogP contribution < -0.4 is 51.4 Å². The summed E-state index contributed by atoms with van der Waals surface area (Å²) in [5.41, 5.74) is -0.280. The maximum Gasteiger partial charge on any atom is 1.00 e. The smallest absolute Gasteiger partial charge is 0.445 e. The molecule has 0 nitrogen and oxygen atoms in total. The molecule has 5 heteroatoms. The number of allylic oxidation sites excluding steroid dienone is 4. The maximum atomic E-state index is 12.2. The fourth-order valence-corrected chi connectivity index (χ4v) is 1.82. The van der Waals surface area contributed by atoms with Gasteiger partial charge in [0.05, 0.1) is 0 Å². The predicted molar refractivity (Wildman–Crippen MR) is 37.9 cm³/mol. The molecule has 60 valence electrons. The topological polar surface area (TPSA) is 0 Å². The third kappa shape index (κ3) is 1.90. The molecule has 0 amide bonds. The first-order valence-corrected chi connectivity index (χ1v) is 3.67. The van der Waals surface area contributed by atoms with Gasteiger partial charge in [0, 0.05) is 0 Å². The van der Waals surface area contributed by atoms with E-state index in [0.717, 1.165) is 0 Å². The van der Waals surface area contributed by atoms with Crippen molar-refractivity contribution in [1.29, 1.82) is 0 Å². The fourth-order valence-electron chi connectivity index (χ4n) is 1.82. The predicted octanol–water partition coefficient (Wildman–Crippen LogP) is -0.491. The monoisotopic (exact) mass is 198 g/mol. The van der Waals surface area contributed by atoms with Crippen LogP contribution in [-0.4, -0.2) is 6.98 Å². The van der Waals surface area contributed by atoms with Crippen molar-refractivity contribution in [3.63, 3.8) is 0 Å². The van der Waals surface area contributed by atoms with Crippen LogP contribution in [0.15, 0.2) is 23.7 Å². The van der Waals surface area contributed by atoms with E-state index in [-0.39, 0.29) is 68.7 Å². The third-order valence-corrected chi connectivity index (χ3v) is 2.33. The van der Waals surface area contributed by atoms with Gasteiger partial charge >= 0.3 is 58.4 Å². The molecule has 12 heavy (non-hydrogen) atoms. The van der Waals surface area contributed by atoms with Crippen LogP contribution >= 0.6 is 0 Å². The summed E-state index contributed by atoms with van der Waals surface area (Å²) in [5.74, 6) is -0.251. The van der Waals surface area contributed by atoms with Crippen molar-refractivity contribution in [2.75, 3.05) is 0 Å². The molecule has 0 heterocycles. The molecule has 2 unspecified atom stereocenters. The van der Waals surface area contributed by atoms with Crippen LogP contribution in [0.5, 0.6) is 0 Å². The van der Waals surface area contributed by atoms with Gasteiger partial charge in [0.15, 0.2) is 0 Å². The molecule has 0 saturated heterocycles. The number of hydrogen-bond acceptors (Lipinski definition) is 0. The van der Waals surface area contributed by atoms with E-state index in [0.29, 0.717) is 6.42 Å². The number of halogens is 3. The van der Waals surface area contributed by atoms with E-state index in [4.69, 9.17) is 0 Å². The Morgan fingerprint density at radius 2 is 1.92 bits per heavy atom. The minimum atomic E-state index is -4.72. The Morgan fingerprint density at radius 3 is 2.17 bits per heavy atom. The van der Waals surface area contributed by atoms with Gasteiger partial charge in [-0.05, 0) is 18.3 Å². The van der Waals surface area contributed by atoms with Crippen LogP contribution in [0.2, 0.25) is 0 Å². The Labute approximate surface area is 112 Å². The average molecular weight is 198 g/mol. The Morgan fingerprint density at radius 1 is 1.25 bits per heavy atom. The molecule has 0 spiro atoms. The molecule has 0 fully saturated rings. The van der Waals surface area contributed by atoms with Crippen molar-refractivity contribution >= 4 is 6.98 Å². The zero-order valence-electron chi connectivity index (χ0n) is 6.81. The molecule has 0 aromatic rings. The van der Waals surface area contributed by atoms with Gasteiger partial charge in [-0.15, -0.1) is 11.5 Å². The molecule has 0 aromatic carbocycles.